The van der Waals surface area contributed by atoms with E-state index in [2.05, 4.69) is 10.2 Å². The lowest BCUT2D eigenvalue weighted by Gasteiger charge is -2.36. The molecule has 0 unspecified atom stereocenters. The molecule has 1 aliphatic rings. The lowest BCUT2D eigenvalue weighted by atomic mass is 9.80. The number of aryl methyl sites for hydroxylation is 1. The average Bonchev–Trinajstić information content (AvgIpc) is 2.56. The van der Waals surface area contributed by atoms with E-state index in [9.17, 15) is 18.7 Å². The molecule has 1 aromatic heterocycles. The highest BCUT2D eigenvalue weighted by Gasteiger charge is 2.49. The van der Waals surface area contributed by atoms with E-state index in [-0.39, 0.29) is 12.8 Å². The van der Waals surface area contributed by atoms with Crippen molar-refractivity contribution in [3.05, 3.63) is 11.6 Å². The van der Waals surface area contributed by atoms with Gasteiger partial charge in [0, 0.05) is 18.8 Å². The Hall–Kier alpha value is -1.53. The molecule has 0 spiro atoms. The molecule has 0 aliphatic heterocycles. The highest BCUT2D eigenvalue weighted by atomic mass is 19.3. The Kier molecular flexibility index (Phi) is 2.68. The lowest BCUT2D eigenvalue weighted by Crippen LogP contribution is -2.41. The largest absolute Gasteiger partial charge is 0.480 e. The molecule has 0 radical (unpaired) electrons. The zero-order valence-electron chi connectivity index (χ0n) is 10.4. The molecule has 0 saturated heterocycles. The van der Waals surface area contributed by atoms with Gasteiger partial charge in [-0.15, -0.1) is 10.2 Å². The van der Waals surface area contributed by atoms with Gasteiger partial charge in [0.1, 0.15) is 17.2 Å². The van der Waals surface area contributed by atoms with Crippen LogP contribution in [0.1, 0.15) is 44.3 Å². The maximum Gasteiger partial charge on any atom is 0.329 e. The van der Waals surface area contributed by atoms with Crippen LogP contribution in [0.5, 0.6) is 0 Å². The first-order valence-corrected chi connectivity index (χ1v) is 5.69. The second-order valence-corrected chi connectivity index (χ2v) is 5.27. The standard InChI is InChI=1S/C11H15F2N3O2/c1-6-14-15-8(7-4-11(12,13)5-7)16(6)10(2,3)9(17)18/h7H,4-5H2,1-3H3,(H,17,18). The molecule has 1 aliphatic carbocycles. The molecule has 0 amide bonds. The molecule has 18 heavy (non-hydrogen) atoms. The highest BCUT2D eigenvalue weighted by Crippen LogP contribution is 2.48. The maximum atomic E-state index is 12.9. The van der Waals surface area contributed by atoms with E-state index < -0.39 is 23.3 Å². The number of alkyl halides is 2. The van der Waals surface area contributed by atoms with Crippen molar-refractivity contribution in [1.82, 2.24) is 14.8 Å². The Balaban J connectivity index is 2.37. The SMILES string of the molecule is Cc1nnc(C2CC(F)(F)C2)n1C(C)(C)C(=O)O. The summed E-state index contributed by atoms with van der Waals surface area (Å²) in [6.07, 6.45) is -0.582. The fourth-order valence-corrected chi connectivity index (χ4v) is 2.27. The van der Waals surface area contributed by atoms with Crippen molar-refractivity contribution < 1.29 is 18.7 Å². The third-order valence-corrected chi connectivity index (χ3v) is 3.39. The summed E-state index contributed by atoms with van der Waals surface area (Å²) in [5, 5.41) is 16.9. The minimum Gasteiger partial charge on any atom is -0.480 e. The molecule has 100 valence electrons. The van der Waals surface area contributed by atoms with Gasteiger partial charge in [0.25, 0.3) is 0 Å². The Morgan fingerprint density at radius 1 is 1.44 bits per heavy atom. The van der Waals surface area contributed by atoms with E-state index in [1.54, 1.807) is 6.92 Å². The summed E-state index contributed by atoms with van der Waals surface area (Å²) in [5.74, 6) is -3.36. The van der Waals surface area contributed by atoms with Crippen LogP contribution in [-0.2, 0) is 10.3 Å². The molecule has 5 nitrogen and oxygen atoms in total. The van der Waals surface area contributed by atoms with Gasteiger partial charge in [-0.3, -0.25) is 4.57 Å². The van der Waals surface area contributed by atoms with Crippen LogP contribution in [0, 0.1) is 6.92 Å². The van der Waals surface area contributed by atoms with Crippen LogP contribution in [0.2, 0.25) is 0 Å². The molecule has 7 heteroatoms. The summed E-state index contributed by atoms with van der Waals surface area (Å²) in [5.41, 5.74) is -1.24. The highest BCUT2D eigenvalue weighted by molar-refractivity contribution is 5.75. The van der Waals surface area contributed by atoms with Crippen molar-refractivity contribution >= 4 is 5.97 Å². The monoisotopic (exact) mass is 259 g/mol. The van der Waals surface area contributed by atoms with E-state index >= 15 is 0 Å². The zero-order valence-corrected chi connectivity index (χ0v) is 10.4. The molecule has 0 bridgehead atoms. The number of carboxylic acids is 1. The molecule has 1 heterocycles. The second kappa shape index (κ2) is 3.73. The zero-order chi connectivity index (χ0) is 13.7. The Bertz CT molecular complexity index is 488. The molecular weight excluding hydrogens is 244 g/mol. The number of rotatable bonds is 3. The normalized spacial score (nSPS) is 19.6. The Morgan fingerprint density at radius 2 is 2.00 bits per heavy atom. The van der Waals surface area contributed by atoms with Gasteiger partial charge in [0.2, 0.25) is 5.92 Å². The topological polar surface area (TPSA) is 68.0 Å². The predicted octanol–water partition coefficient (Wildman–Crippen LogP) is 1.92. The van der Waals surface area contributed by atoms with Crippen molar-refractivity contribution in [2.24, 2.45) is 0 Å². The third-order valence-electron chi connectivity index (χ3n) is 3.39. The first-order valence-electron chi connectivity index (χ1n) is 5.69. The summed E-state index contributed by atoms with van der Waals surface area (Å²) in [4.78, 5) is 11.3. The van der Waals surface area contributed by atoms with Gasteiger partial charge in [0.05, 0.1) is 0 Å². The smallest absolute Gasteiger partial charge is 0.329 e. The van der Waals surface area contributed by atoms with E-state index in [1.165, 1.54) is 18.4 Å². The quantitative estimate of drug-likeness (QED) is 0.900. The van der Waals surface area contributed by atoms with Crippen molar-refractivity contribution in [3.63, 3.8) is 0 Å². The molecule has 0 aromatic carbocycles. The van der Waals surface area contributed by atoms with Crippen molar-refractivity contribution in [1.29, 1.82) is 0 Å². The molecule has 1 aromatic rings. The number of carboxylic acid groups (broad SMARTS) is 1. The summed E-state index contributed by atoms with van der Waals surface area (Å²) in [6, 6.07) is 0. The van der Waals surface area contributed by atoms with E-state index in [1.807, 2.05) is 0 Å². The summed E-state index contributed by atoms with van der Waals surface area (Å²) in [7, 11) is 0. The van der Waals surface area contributed by atoms with Crippen molar-refractivity contribution in [2.75, 3.05) is 0 Å². The van der Waals surface area contributed by atoms with Gasteiger partial charge in [-0.05, 0) is 20.8 Å². The van der Waals surface area contributed by atoms with Gasteiger partial charge in [-0.1, -0.05) is 0 Å². The fourth-order valence-electron chi connectivity index (χ4n) is 2.27. The van der Waals surface area contributed by atoms with Crippen LogP contribution in [0.3, 0.4) is 0 Å². The minimum absolute atomic E-state index is 0.291. The van der Waals surface area contributed by atoms with Gasteiger partial charge in [0.15, 0.2) is 0 Å². The van der Waals surface area contributed by atoms with Crippen LogP contribution >= 0.6 is 0 Å². The van der Waals surface area contributed by atoms with E-state index in [0.717, 1.165) is 0 Å². The number of hydrogen-bond donors (Lipinski definition) is 1. The van der Waals surface area contributed by atoms with Gasteiger partial charge in [-0.2, -0.15) is 0 Å². The number of halogens is 2. The summed E-state index contributed by atoms with van der Waals surface area (Å²) < 4.78 is 27.2. The first kappa shape index (κ1) is 12.9. The average molecular weight is 259 g/mol. The van der Waals surface area contributed by atoms with Crippen LogP contribution in [0.4, 0.5) is 8.78 Å². The van der Waals surface area contributed by atoms with Crippen LogP contribution in [0.25, 0.3) is 0 Å². The van der Waals surface area contributed by atoms with Gasteiger partial charge >= 0.3 is 5.97 Å². The van der Waals surface area contributed by atoms with Crippen LogP contribution in [0.15, 0.2) is 0 Å². The van der Waals surface area contributed by atoms with Crippen LogP contribution < -0.4 is 0 Å². The summed E-state index contributed by atoms with van der Waals surface area (Å²) in [6.45, 7) is 4.63. The van der Waals surface area contributed by atoms with E-state index in [0.29, 0.717) is 11.6 Å². The fraction of sp³-hybridized carbons (Fsp3) is 0.727. The number of aliphatic carboxylic acids is 1. The van der Waals surface area contributed by atoms with Crippen molar-refractivity contribution in [2.45, 2.75) is 51.0 Å². The molecular formula is C11H15F2N3O2. The minimum atomic E-state index is -2.66. The maximum absolute atomic E-state index is 12.9. The number of carbonyl (C=O) groups is 1. The predicted molar refractivity (Wildman–Crippen MR) is 58.6 cm³/mol. The molecule has 2 rings (SSSR count). The lowest BCUT2D eigenvalue weighted by molar-refractivity contribution is -0.146. The summed E-state index contributed by atoms with van der Waals surface area (Å²) >= 11 is 0. The van der Waals surface area contributed by atoms with E-state index in [4.69, 9.17) is 0 Å². The van der Waals surface area contributed by atoms with Crippen LogP contribution in [-0.4, -0.2) is 31.8 Å². The molecule has 1 N–H and O–H groups in total. The third kappa shape index (κ3) is 1.87. The van der Waals surface area contributed by atoms with Crippen molar-refractivity contribution in [3.8, 4) is 0 Å². The first-order chi connectivity index (χ1) is 8.15. The molecule has 0 atom stereocenters. The van der Waals surface area contributed by atoms with Gasteiger partial charge in [-0.25, -0.2) is 13.6 Å². The Morgan fingerprint density at radius 3 is 2.44 bits per heavy atom. The number of nitrogens with zero attached hydrogens (tertiary/aromatic N) is 3. The molecule has 1 fully saturated rings. The number of hydrogen-bond acceptors (Lipinski definition) is 3. The van der Waals surface area contributed by atoms with Gasteiger partial charge < -0.3 is 5.11 Å². The number of aromatic nitrogens is 3. The Labute approximate surface area is 103 Å². The second-order valence-electron chi connectivity index (χ2n) is 5.27. The molecule has 1 saturated carbocycles.